The summed E-state index contributed by atoms with van der Waals surface area (Å²) in [5.41, 5.74) is 0.908. The van der Waals surface area contributed by atoms with Gasteiger partial charge in [-0.15, -0.1) is 11.3 Å². The zero-order valence-corrected chi connectivity index (χ0v) is 16.0. The molecule has 1 heterocycles. The van der Waals surface area contributed by atoms with Crippen LogP contribution < -0.4 is 0 Å². The van der Waals surface area contributed by atoms with Crippen molar-refractivity contribution >= 4 is 34.8 Å². The van der Waals surface area contributed by atoms with E-state index in [9.17, 15) is 23.1 Å². The average Bonchev–Trinajstić information content (AvgIpc) is 3.03. The first kappa shape index (κ1) is 20.1. The molecule has 0 unspecified atom stereocenters. The van der Waals surface area contributed by atoms with E-state index in [2.05, 4.69) is 4.98 Å². The van der Waals surface area contributed by atoms with Gasteiger partial charge in [0.05, 0.1) is 21.2 Å². The predicted octanol–water partition coefficient (Wildman–Crippen LogP) is 6.39. The molecule has 28 heavy (non-hydrogen) atoms. The molecular formula is C20H13ClF3NO2S. The summed E-state index contributed by atoms with van der Waals surface area (Å²) in [5, 5.41) is 10.1. The number of allylic oxidation sites excluding steroid dienone is 1. The first-order valence-electron chi connectivity index (χ1n) is 8.01. The molecule has 0 amide bonds. The van der Waals surface area contributed by atoms with Crippen molar-refractivity contribution < 1.29 is 23.1 Å². The molecule has 0 saturated heterocycles. The van der Waals surface area contributed by atoms with Gasteiger partial charge in [-0.05, 0) is 42.8 Å². The number of nitrogens with zero attached hydrogens (tertiary/aromatic N) is 1. The molecular weight excluding hydrogens is 411 g/mol. The molecule has 3 aromatic rings. The molecule has 2 aromatic carbocycles. The quantitative estimate of drug-likeness (QED) is 0.390. The van der Waals surface area contributed by atoms with E-state index in [1.54, 1.807) is 19.1 Å². The normalized spacial score (nSPS) is 11.9. The van der Waals surface area contributed by atoms with Gasteiger partial charge in [-0.1, -0.05) is 35.9 Å². The Morgan fingerprint density at radius 2 is 1.86 bits per heavy atom. The van der Waals surface area contributed by atoms with Gasteiger partial charge in [-0.3, -0.25) is 4.79 Å². The number of benzene rings is 2. The molecule has 1 N–H and O–H groups in total. The second-order valence-corrected chi connectivity index (χ2v) is 7.32. The minimum Gasteiger partial charge on any atom is -0.506 e. The Labute approximate surface area is 167 Å². The van der Waals surface area contributed by atoms with Crippen LogP contribution in [-0.2, 0) is 6.18 Å². The number of phenolic OH excluding ortho intramolecular Hbond substituents is 1. The minimum atomic E-state index is -4.40. The molecule has 0 spiro atoms. The summed E-state index contributed by atoms with van der Waals surface area (Å²) in [6.45, 7) is 1.67. The molecule has 0 aliphatic rings. The number of carbonyl (C=O) groups excluding carboxylic acids is 1. The van der Waals surface area contributed by atoms with E-state index in [0.717, 1.165) is 23.5 Å². The molecule has 0 bridgehead atoms. The van der Waals surface area contributed by atoms with Crippen molar-refractivity contribution in [3.63, 3.8) is 0 Å². The van der Waals surface area contributed by atoms with Crippen LogP contribution in [0.25, 0.3) is 16.6 Å². The summed E-state index contributed by atoms with van der Waals surface area (Å²) in [6.07, 6.45) is -1.48. The number of aryl methyl sites for hydroxylation is 1. The molecule has 144 valence electrons. The van der Waals surface area contributed by atoms with Gasteiger partial charge in [0.2, 0.25) is 0 Å². The average molecular weight is 424 g/mol. The van der Waals surface area contributed by atoms with E-state index in [4.69, 9.17) is 11.6 Å². The molecule has 3 nitrogen and oxygen atoms in total. The van der Waals surface area contributed by atoms with Crippen LogP contribution in [0, 0.1) is 6.92 Å². The molecule has 1 aromatic heterocycles. The highest BCUT2D eigenvalue weighted by Gasteiger charge is 2.30. The van der Waals surface area contributed by atoms with Gasteiger partial charge in [0.25, 0.3) is 0 Å². The first-order chi connectivity index (χ1) is 13.1. The lowest BCUT2D eigenvalue weighted by Gasteiger charge is -2.06. The van der Waals surface area contributed by atoms with Crippen molar-refractivity contribution in [2.24, 2.45) is 0 Å². The van der Waals surface area contributed by atoms with Gasteiger partial charge < -0.3 is 5.11 Å². The van der Waals surface area contributed by atoms with Gasteiger partial charge >= 0.3 is 6.18 Å². The number of hydrogen-bond donors (Lipinski definition) is 1. The third-order valence-electron chi connectivity index (χ3n) is 3.88. The van der Waals surface area contributed by atoms with Crippen LogP contribution in [0.15, 0.2) is 48.5 Å². The molecule has 0 aliphatic heterocycles. The Morgan fingerprint density at radius 1 is 1.18 bits per heavy atom. The number of alkyl halides is 3. The molecule has 0 saturated carbocycles. The Morgan fingerprint density at radius 3 is 2.46 bits per heavy atom. The highest BCUT2D eigenvalue weighted by atomic mass is 35.5. The zero-order chi connectivity index (χ0) is 20.5. The van der Waals surface area contributed by atoms with Crippen LogP contribution in [0.4, 0.5) is 13.2 Å². The molecule has 3 rings (SSSR count). The lowest BCUT2D eigenvalue weighted by atomic mass is 10.1. The van der Waals surface area contributed by atoms with Crippen molar-refractivity contribution in [3.8, 4) is 16.3 Å². The monoisotopic (exact) mass is 423 g/mol. The van der Waals surface area contributed by atoms with Gasteiger partial charge in [0, 0.05) is 5.56 Å². The molecule has 0 fully saturated rings. The SMILES string of the molecule is Cc1nc(-c2ccc(C(F)(F)F)cc2)sc1C(=O)/C=C/c1ccc(O)c(Cl)c1. The number of ketones is 1. The Hall–Kier alpha value is -2.64. The maximum absolute atomic E-state index is 12.7. The summed E-state index contributed by atoms with van der Waals surface area (Å²) < 4.78 is 38.0. The van der Waals surface area contributed by atoms with Crippen LogP contribution in [0.3, 0.4) is 0 Å². The topological polar surface area (TPSA) is 50.2 Å². The third kappa shape index (κ3) is 4.43. The number of phenols is 1. The number of aromatic hydroxyl groups is 1. The second kappa shape index (κ2) is 7.77. The summed E-state index contributed by atoms with van der Waals surface area (Å²) in [4.78, 5) is 17.2. The van der Waals surface area contributed by atoms with E-state index in [-0.39, 0.29) is 16.6 Å². The number of thiazole rings is 1. The zero-order valence-electron chi connectivity index (χ0n) is 14.4. The van der Waals surface area contributed by atoms with Crippen molar-refractivity contribution in [2.75, 3.05) is 0 Å². The van der Waals surface area contributed by atoms with E-state index in [0.29, 0.717) is 26.7 Å². The highest BCUT2D eigenvalue weighted by Crippen LogP contribution is 2.33. The second-order valence-electron chi connectivity index (χ2n) is 5.92. The number of carbonyl (C=O) groups is 1. The van der Waals surface area contributed by atoms with E-state index in [1.165, 1.54) is 30.3 Å². The third-order valence-corrected chi connectivity index (χ3v) is 5.40. The largest absolute Gasteiger partial charge is 0.506 e. The number of rotatable bonds is 4. The van der Waals surface area contributed by atoms with Crippen LogP contribution in [-0.4, -0.2) is 15.9 Å². The van der Waals surface area contributed by atoms with Crippen molar-refractivity contribution in [3.05, 3.63) is 75.3 Å². The Kier molecular flexibility index (Phi) is 5.58. The summed E-state index contributed by atoms with van der Waals surface area (Å²) >= 11 is 6.95. The van der Waals surface area contributed by atoms with Crippen LogP contribution >= 0.6 is 22.9 Å². The summed E-state index contributed by atoms with van der Waals surface area (Å²) in [5.74, 6) is -0.331. The van der Waals surface area contributed by atoms with Gasteiger partial charge in [-0.2, -0.15) is 13.2 Å². The standard InChI is InChI=1S/C20H13ClF3NO2S/c1-11-18(17(27)9-3-12-2-8-16(26)15(21)10-12)28-19(25-11)13-4-6-14(7-5-13)20(22,23)24/h2-10,26H,1H3/b9-3+. The maximum atomic E-state index is 12.7. The summed E-state index contributed by atoms with van der Waals surface area (Å²) in [6, 6.07) is 9.20. The van der Waals surface area contributed by atoms with Crippen LogP contribution in [0.5, 0.6) is 5.75 Å². The molecule has 0 atom stereocenters. The minimum absolute atomic E-state index is 0.0513. The van der Waals surface area contributed by atoms with Crippen LogP contribution in [0.2, 0.25) is 5.02 Å². The highest BCUT2D eigenvalue weighted by molar-refractivity contribution is 7.17. The fourth-order valence-electron chi connectivity index (χ4n) is 2.42. The van der Waals surface area contributed by atoms with E-state index in [1.807, 2.05) is 0 Å². The molecule has 0 radical (unpaired) electrons. The molecule has 8 heteroatoms. The lowest BCUT2D eigenvalue weighted by molar-refractivity contribution is -0.137. The Bertz CT molecular complexity index is 1060. The van der Waals surface area contributed by atoms with Crippen molar-refractivity contribution in [2.45, 2.75) is 13.1 Å². The van der Waals surface area contributed by atoms with E-state index >= 15 is 0 Å². The smallest absolute Gasteiger partial charge is 0.416 e. The number of halogens is 4. The maximum Gasteiger partial charge on any atom is 0.416 e. The predicted molar refractivity (Wildman–Crippen MR) is 104 cm³/mol. The number of aromatic nitrogens is 1. The fraction of sp³-hybridized carbons (Fsp3) is 0.100. The first-order valence-corrected chi connectivity index (χ1v) is 9.20. The lowest BCUT2D eigenvalue weighted by Crippen LogP contribution is -2.03. The van der Waals surface area contributed by atoms with Crippen molar-refractivity contribution in [1.82, 2.24) is 4.98 Å². The fourth-order valence-corrected chi connectivity index (χ4v) is 3.61. The van der Waals surface area contributed by atoms with Crippen molar-refractivity contribution in [1.29, 1.82) is 0 Å². The summed E-state index contributed by atoms with van der Waals surface area (Å²) in [7, 11) is 0. The Balaban J connectivity index is 1.82. The van der Waals surface area contributed by atoms with Crippen LogP contribution in [0.1, 0.15) is 26.5 Å². The van der Waals surface area contributed by atoms with Gasteiger partial charge in [0.15, 0.2) is 5.78 Å². The van der Waals surface area contributed by atoms with Gasteiger partial charge in [-0.25, -0.2) is 4.98 Å². The molecule has 0 aliphatic carbocycles. The van der Waals surface area contributed by atoms with Gasteiger partial charge in [0.1, 0.15) is 10.8 Å². The van der Waals surface area contributed by atoms with E-state index < -0.39 is 11.7 Å². The number of hydrogen-bond acceptors (Lipinski definition) is 4.